The average molecular weight is 291 g/mol. The van der Waals surface area contributed by atoms with E-state index in [1.807, 2.05) is 0 Å². The molecule has 0 saturated heterocycles. The number of nitrogens with one attached hydrogen (secondary N) is 1. The molecular weight excluding hydrogens is 278 g/mol. The monoisotopic (exact) mass is 291 g/mol. The summed E-state index contributed by atoms with van der Waals surface area (Å²) in [6.45, 7) is 0. The van der Waals surface area contributed by atoms with Gasteiger partial charge in [-0.05, 0) is 24.3 Å². The van der Waals surface area contributed by atoms with Crippen molar-refractivity contribution in [1.82, 2.24) is 0 Å². The fourth-order valence-corrected chi connectivity index (χ4v) is 2.42. The average Bonchev–Trinajstić information content (AvgIpc) is 2.40. The highest BCUT2D eigenvalue weighted by Crippen LogP contribution is 2.27. The van der Waals surface area contributed by atoms with Crippen LogP contribution in [0.4, 0.5) is 11.4 Å². The number of nitrogens with two attached hydrogens (primary N) is 2. The number of carbonyl (C=O) groups is 1. The normalized spacial score (nSPS) is 11.1. The van der Waals surface area contributed by atoms with Crippen molar-refractivity contribution in [1.29, 1.82) is 0 Å². The van der Waals surface area contributed by atoms with Crippen LogP contribution in [0.5, 0.6) is 0 Å². The highest BCUT2D eigenvalue weighted by molar-refractivity contribution is 7.89. The van der Waals surface area contributed by atoms with Crippen LogP contribution in [0.3, 0.4) is 0 Å². The zero-order chi connectivity index (χ0) is 14.8. The number of rotatable bonds is 3. The van der Waals surface area contributed by atoms with E-state index in [9.17, 15) is 13.2 Å². The molecule has 7 heteroatoms. The number of carbonyl (C=O) groups excluding carboxylic acids is 1. The highest BCUT2D eigenvalue weighted by Gasteiger charge is 2.18. The van der Waals surface area contributed by atoms with Gasteiger partial charge in [-0.2, -0.15) is 0 Å². The van der Waals surface area contributed by atoms with Gasteiger partial charge in [-0.25, -0.2) is 13.6 Å². The number of hydrogen-bond donors (Lipinski definition) is 3. The Bertz CT molecular complexity index is 743. The van der Waals surface area contributed by atoms with E-state index >= 15 is 0 Å². The first kappa shape index (κ1) is 14.0. The number of para-hydroxylation sites is 1. The van der Waals surface area contributed by atoms with Crippen molar-refractivity contribution < 1.29 is 13.2 Å². The number of sulfonamides is 1. The SMILES string of the molecule is Nc1cccc(S(N)(=O)=O)c1NC(=O)c1ccccc1. The summed E-state index contributed by atoms with van der Waals surface area (Å²) in [5.41, 5.74) is 6.21. The second-order valence-corrected chi connectivity index (χ2v) is 5.62. The number of primary sulfonamides is 1. The maximum atomic E-state index is 12.0. The summed E-state index contributed by atoms with van der Waals surface area (Å²) in [7, 11) is -3.98. The van der Waals surface area contributed by atoms with Crippen molar-refractivity contribution in [2.45, 2.75) is 4.90 Å². The van der Waals surface area contributed by atoms with E-state index in [-0.39, 0.29) is 16.3 Å². The Kier molecular flexibility index (Phi) is 3.73. The van der Waals surface area contributed by atoms with Crippen molar-refractivity contribution in [3.63, 3.8) is 0 Å². The van der Waals surface area contributed by atoms with E-state index in [0.29, 0.717) is 5.56 Å². The Morgan fingerprint density at radius 1 is 1.00 bits per heavy atom. The maximum Gasteiger partial charge on any atom is 0.255 e. The number of hydrogen-bond acceptors (Lipinski definition) is 4. The van der Waals surface area contributed by atoms with Crippen LogP contribution in [0, 0.1) is 0 Å². The first-order valence-electron chi connectivity index (χ1n) is 5.67. The topological polar surface area (TPSA) is 115 Å². The summed E-state index contributed by atoms with van der Waals surface area (Å²) < 4.78 is 23.0. The molecule has 1 amide bonds. The number of anilines is 2. The third kappa shape index (κ3) is 2.95. The molecule has 0 atom stereocenters. The third-order valence-corrected chi connectivity index (χ3v) is 3.59. The maximum absolute atomic E-state index is 12.0. The lowest BCUT2D eigenvalue weighted by atomic mass is 10.2. The molecule has 5 N–H and O–H groups in total. The van der Waals surface area contributed by atoms with Crippen molar-refractivity contribution >= 4 is 27.3 Å². The molecule has 0 fully saturated rings. The molecular formula is C13H13N3O3S. The fraction of sp³-hybridized carbons (Fsp3) is 0. The van der Waals surface area contributed by atoms with Gasteiger partial charge in [0.1, 0.15) is 4.90 Å². The van der Waals surface area contributed by atoms with Gasteiger partial charge in [-0.1, -0.05) is 24.3 Å². The van der Waals surface area contributed by atoms with Crippen LogP contribution in [-0.4, -0.2) is 14.3 Å². The van der Waals surface area contributed by atoms with Gasteiger partial charge in [0.05, 0.1) is 11.4 Å². The molecule has 0 heterocycles. The summed E-state index contributed by atoms with van der Waals surface area (Å²) in [6, 6.07) is 12.6. The molecule has 20 heavy (non-hydrogen) atoms. The minimum Gasteiger partial charge on any atom is -0.397 e. The van der Waals surface area contributed by atoms with E-state index in [0.717, 1.165) is 0 Å². The minimum absolute atomic E-state index is 0.0103. The predicted octanol–water partition coefficient (Wildman–Crippen LogP) is 1.17. The van der Waals surface area contributed by atoms with E-state index < -0.39 is 15.9 Å². The molecule has 2 rings (SSSR count). The Labute approximate surface area is 116 Å². The van der Waals surface area contributed by atoms with Gasteiger partial charge in [0.15, 0.2) is 0 Å². The lowest BCUT2D eigenvalue weighted by Gasteiger charge is -2.12. The van der Waals surface area contributed by atoms with E-state index in [4.69, 9.17) is 10.9 Å². The summed E-state index contributed by atoms with van der Waals surface area (Å²) in [5, 5.41) is 7.58. The van der Waals surface area contributed by atoms with Crippen molar-refractivity contribution in [3.8, 4) is 0 Å². The molecule has 0 aromatic heterocycles. The van der Waals surface area contributed by atoms with Gasteiger partial charge >= 0.3 is 0 Å². The van der Waals surface area contributed by atoms with Gasteiger partial charge in [-0.3, -0.25) is 4.79 Å². The van der Waals surface area contributed by atoms with Crippen LogP contribution in [-0.2, 0) is 10.0 Å². The Morgan fingerprint density at radius 2 is 1.65 bits per heavy atom. The quantitative estimate of drug-likeness (QED) is 0.736. The summed E-state index contributed by atoms with van der Waals surface area (Å²) in [5.74, 6) is -0.464. The van der Waals surface area contributed by atoms with Crippen LogP contribution in [0.25, 0.3) is 0 Å². The van der Waals surface area contributed by atoms with Crippen molar-refractivity contribution in [2.75, 3.05) is 11.1 Å². The van der Waals surface area contributed by atoms with Gasteiger partial charge in [0, 0.05) is 5.56 Å². The molecule has 104 valence electrons. The zero-order valence-corrected chi connectivity index (χ0v) is 11.2. The van der Waals surface area contributed by atoms with Crippen LogP contribution in [0.1, 0.15) is 10.4 Å². The van der Waals surface area contributed by atoms with Crippen LogP contribution in [0.2, 0.25) is 0 Å². The lowest BCUT2D eigenvalue weighted by Crippen LogP contribution is -2.19. The highest BCUT2D eigenvalue weighted by atomic mass is 32.2. The van der Waals surface area contributed by atoms with Crippen molar-refractivity contribution in [3.05, 3.63) is 54.1 Å². The van der Waals surface area contributed by atoms with Gasteiger partial charge < -0.3 is 11.1 Å². The predicted molar refractivity (Wildman–Crippen MR) is 76.6 cm³/mol. The van der Waals surface area contributed by atoms with E-state index in [1.165, 1.54) is 18.2 Å². The largest absolute Gasteiger partial charge is 0.397 e. The molecule has 0 aliphatic heterocycles. The van der Waals surface area contributed by atoms with Gasteiger partial charge in [-0.15, -0.1) is 0 Å². The van der Waals surface area contributed by atoms with Crippen LogP contribution in [0.15, 0.2) is 53.4 Å². The molecule has 0 bridgehead atoms. The minimum atomic E-state index is -3.98. The second-order valence-electron chi connectivity index (χ2n) is 4.09. The van der Waals surface area contributed by atoms with Crippen LogP contribution >= 0.6 is 0 Å². The van der Waals surface area contributed by atoms with Crippen molar-refractivity contribution in [2.24, 2.45) is 5.14 Å². The molecule has 2 aromatic carbocycles. The first-order chi connectivity index (χ1) is 9.39. The third-order valence-electron chi connectivity index (χ3n) is 2.64. The number of amides is 1. The lowest BCUT2D eigenvalue weighted by molar-refractivity contribution is 0.102. The molecule has 2 aromatic rings. The molecule has 0 aliphatic rings. The standard InChI is InChI=1S/C13H13N3O3S/c14-10-7-4-8-11(20(15,18)19)12(10)16-13(17)9-5-2-1-3-6-9/h1-8H,14H2,(H,16,17)(H2,15,18,19). The number of benzene rings is 2. The molecule has 6 nitrogen and oxygen atoms in total. The van der Waals surface area contributed by atoms with Gasteiger partial charge in [0.25, 0.3) is 5.91 Å². The molecule has 0 aliphatic carbocycles. The summed E-state index contributed by atoms with van der Waals surface area (Å²) >= 11 is 0. The zero-order valence-electron chi connectivity index (χ0n) is 10.4. The first-order valence-corrected chi connectivity index (χ1v) is 7.22. The van der Waals surface area contributed by atoms with E-state index in [1.54, 1.807) is 30.3 Å². The summed E-state index contributed by atoms with van der Waals surface area (Å²) in [6.07, 6.45) is 0. The number of nitrogen functional groups attached to an aromatic ring is 1. The molecule has 0 spiro atoms. The Morgan fingerprint density at radius 3 is 2.25 bits per heavy atom. The Balaban J connectivity index is 2.42. The smallest absolute Gasteiger partial charge is 0.255 e. The van der Waals surface area contributed by atoms with E-state index in [2.05, 4.69) is 5.32 Å². The molecule has 0 radical (unpaired) electrons. The van der Waals surface area contributed by atoms with Gasteiger partial charge in [0.2, 0.25) is 10.0 Å². The molecule has 0 unspecified atom stereocenters. The second kappa shape index (κ2) is 5.32. The molecule has 0 saturated carbocycles. The fourth-order valence-electron chi connectivity index (χ4n) is 1.69. The Hall–Kier alpha value is -2.38. The summed E-state index contributed by atoms with van der Waals surface area (Å²) in [4.78, 5) is 11.8. The van der Waals surface area contributed by atoms with Crippen LogP contribution < -0.4 is 16.2 Å².